The molecule has 0 atom stereocenters. The molecule has 0 unspecified atom stereocenters. The molecule has 2 N–H and O–H groups in total. The van der Waals surface area contributed by atoms with E-state index in [-0.39, 0.29) is 17.2 Å². The first-order valence-electron chi connectivity index (χ1n) is 14.2. The molecular weight excluding hydrogens is 528 g/mol. The first-order chi connectivity index (χ1) is 20.3. The molecule has 2 amide bonds. The summed E-state index contributed by atoms with van der Waals surface area (Å²) < 4.78 is 9.15. The number of imidazole rings is 1. The smallest absolute Gasteiger partial charge is 0.324 e. The topological polar surface area (TPSA) is 108 Å². The van der Waals surface area contributed by atoms with Crippen molar-refractivity contribution in [3.63, 3.8) is 0 Å². The number of anilines is 2. The third-order valence-electron chi connectivity index (χ3n) is 7.42. The van der Waals surface area contributed by atoms with Crippen LogP contribution in [0.25, 0.3) is 22.2 Å². The van der Waals surface area contributed by atoms with Crippen LogP contribution >= 0.6 is 0 Å². The molecule has 9 nitrogen and oxygen atoms in total. The molecule has 0 saturated carbocycles. The van der Waals surface area contributed by atoms with E-state index >= 15 is 0 Å². The van der Waals surface area contributed by atoms with Gasteiger partial charge in [-0.25, -0.2) is 14.8 Å². The molecule has 0 bridgehead atoms. The second kappa shape index (κ2) is 12.3. The van der Waals surface area contributed by atoms with Crippen molar-refractivity contribution in [2.75, 3.05) is 12.0 Å². The minimum absolute atomic E-state index is 0.0499. The van der Waals surface area contributed by atoms with E-state index in [0.717, 1.165) is 29.4 Å². The number of benzene rings is 2. The molecule has 0 fully saturated rings. The highest BCUT2D eigenvalue weighted by Crippen LogP contribution is 2.41. The molecule has 3 heterocycles. The van der Waals surface area contributed by atoms with Crippen LogP contribution in [-0.2, 0) is 13.1 Å². The summed E-state index contributed by atoms with van der Waals surface area (Å²) in [4.78, 5) is 38.3. The maximum absolute atomic E-state index is 14.6. The van der Waals surface area contributed by atoms with Gasteiger partial charge in [-0.15, -0.1) is 0 Å². The predicted molar refractivity (Wildman–Crippen MR) is 166 cm³/mol. The average molecular weight is 565 g/mol. The van der Waals surface area contributed by atoms with E-state index in [4.69, 9.17) is 10.5 Å². The Hall–Kier alpha value is -4.92. The van der Waals surface area contributed by atoms with Gasteiger partial charge in [-0.3, -0.25) is 14.3 Å². The molecular formula is C33H36N6O3. The molecule has 3 aromatic heterocycles. The summed E-state index contributed by atoms with van der Waals surface area (Å²) in [5, 5.41) is 0.739. The minimum Gasteiger partial charge on any atom is -0.497 e. The van der Waals surface area contributed by atoms with Crippen LogP contribution in [0.3, 0.4) is 0 Å². The van der Waals surface area contributed by atoms with Gasteiger partial charge in [0.05, 0.1) is 19.1 Å². The zero-order valence-electron chi connectivity index (χ0n) is 24.4. The number of fused-ring (bicyclic) bond motifs is 1. The Kier molecular flexibility index (Phi) is 8.38. The van der Waals surface area contributed by atoms with Crippen LogP contribution in [0.4, 0.5) is 16.2 Å². The molecule has 5 rings (SSSR count). The summed E-state index contributed by atoms with van der Waals surface area (Å²) in [6.07, 6.45) is 8.69. The van der Waals surface area contributed by atoms with Gasteiger partial charge >= 0.3 is 6.03 Å². The zero-order valence-corrected chi connectivity index (χ0v) is 24.4. The van der Waals surface area contributed by atoms with Crippen LogP contribution in [0.1, 0.15) is 50.7 Å². The fourth-order valence-electron chi connectivity index (χ4n) is 5.38. The molecule has 216 valence electrons. The van der Waals surface area contributed by atoms with Gasteiger partial charge in [0.25, 0.3) is 5.56 Å². The number of hydrogen-bond acceptors (Lipinski definition) is 5. The number of carbonyl (C=O) groups excluding carboxylic acids is 1. The van der Waals surface area contributed by atoms with Crippen LogP contribution < -0.4 is 20.9 Å². The van der Waals surface area contributed by atoms with E-state index in [9.17, 15) is 9.59 Å². The van der Waals surface area contributed by atoms with Crippen LogP contribution in [0.2, 0.25) is 0 Å². The lowest BCUT2D eigenvalue weighted by Gasteiger charge is -2.28. The molecule has 2 aromatic carbocycles. The van der Waals surface area contributed by atoms with Crippen molar-refractivity contribution >= 4 is 28.4 Å². The van der Waals surface area contributed by atoms with E-state index < -0.39 is 6.03 Å². The third kappa shape index (κ3) is 5.50. The summed E-state index contributed by atoms with van der Waals surface area (Å²) >= 11 is 0. The molecule has 0 aliphatic heterocycles. The molecule has 0 aliphatic carbocycles. The van der Waals surface area contributed by atoms with Crippen molar-refractivity contribution in [1.29, 1.82) is 0 Å². The second-order valence-electron chi connectivity index (χ2n) is 10.6. The molecule has 0 spiro atoms. The quantitative estimate of drug-likeness (QED) is 0.210. The van der Waals surface area contributed by atoms with Crippen LogP contribution in [0, 0.1) is 0 Å². The number of carbonyl (C=O) groups is 1. The lowest BCUT2D eigenvalue weighted by atomic mass is 9.95. The number of nitrogens with zero attached hydrogens (tertiary/aromatic N) is 5. The van der Waals surface area contributed by atoms with E-state index in [0.29, 0.717) is 41.3 Å². The number of aromatic nitrogens is 4. The van der Waals surface area contributed by atoms with Crippen molar-refractivity contribution < 1.29 is 9.53 Å². The van der Waals surface area contributed by atoms with Gasteiger partial charge < -0.3 is 15.0 Å². The van der Waals surface area contributed by atoms with Gasteiger partial charge in [-0.05, 0) is 59.4 Å². The Morgan fingerprint density at radius 3 is 2.62 bits per heavy atom. The number of rotatable bonds is 10. The minimum atomic E-state index is -0.747. The molecule has 9 heteroatoms. The highest BCUT2D eigenvalue weighted by atomic mass is 16.5. The summed E-state index contributed by atoms with van der Waals surface area (Å²) in [5.74, 6) is 0.676. The number of nitrogens with two attached hydrogens (primary N) is 1. The molecule has 0 saturated heterocycles. The number of pyridine rings is 2. The lowest BCUT2D eigenvalue weighted by molar-refractivity contribution is 0.256. The Morgan fingerprint density at radius 1 is 1.10 bits per heavy atom. The van der Waals surface area contributed by atoms with E-state index in [1.54, 1.807) is 30.4 Å². The fraction of sp³-hybridized carbons (Fsp3) is 0.273. The standard InChI is InChI=1S/C33H36N6O3/c1-5-6-16-38-31-27(11-8-14-36-31)29(24-9-7-10-25(19-24)42-4)30(32(38)40)39(33(34)41)28-18-23(12-13-26(28)22(2)3)20-37-17-15-35-21-37/h7-15,17-19,21-22H,5-6,16,20H2,1-4H3,(H2,34,41). The Balaban J connectivity index is 1.87. The van der Waals surface area contributed by atoms with Crippen molar-refractivity contribution in [3.05, 3.63) is 101 Å². The van der Waals surface area contributed by atoms with Gasteiger partial charge in [0.1, 0.15) is 17.1 Å². The van der Waals surface area contributed by atoms with Gasteiger partial charge in [-0.1, -0.05) is 51.5 Å². The van der Waals surface area contributed by atoms with Gasteiger partial charge in [0, 0.05) is 42.6 Å². The van der Waals surface area contributed by atoms with E-state index in [2.05, 4.69) is 30.7 Å². The average Bonchev–Trinajstić information content (AvgIpc) is 3.50. The number of unbranched alkanes of at least 4 members (excludes halogenated alkanes) is 1. The largest absolute Gasteiger partial charge is 0.497 e. The number of ether oxygens (including phenoxy) is 1. The highest BCUT2D eigenvalue weighted by Gasteiger charge is 2.29. The first-order valence-corrected chi connectivity index (χ1v) is 14.2. The maximum atomic E-state index is 14.6. The monoisotopic (exact) mass is 564 g/mol. The third-order valence-corrected chi connectivity index (χ3v) is 7.42. The van der Waals surface area contributed by atoms with Crippen molar-refractivity contribution in [3.8, 4) is 16.9 Å². The fourth-order valence-corrected chi connectivity index (χ4v) is 5.38. The van der Waals surface area contributed by atoms with Gasteiger partial charge in [0.2, 0.25) is 0 Å². The maximum Gasteiger partial charge on any atom is 0.324 e. The van der Waals surface area contributed by atoms with Crippen molar-refractivity contribution in [2.45, 2.75) is 52.6 Å². The number of hydrogen-bond donors (Lipinski definition) is 1. The summed E-state index contributed by atoms with van der Waals surface area (Å²) in [7, 11) is 1.60. The Bertz CT molecular complexity index is 1780. The van der Waals surface area contributed by atoms with Crippen LogP contribution in [0.5, 0.6) is 5.75 Å². The SMILES string of the molecule is CCCCn1c(=O)c(N(C(N)=O)c2cc(Cn3ccnc3)ccc2C(C)C)c(-c2cccc(OC)c2)c2cccnc21. The van der Waals surface area contributed by atoms with Crippen molar-refractivity contribution in [2.24, 2.45) is 5.73 Å². The summed E-state index contributed by atoms with van der Waals surface area (Å²) in [6.45, 7) is 7.19. The van der Waals surface area contributed by atoms with Gasteiger partial charge in [0.15, 0.2) is 0 Å². The van der Waals surface area contributed by atoms with Crippen LogP contribution in [-0.4, -0.2) is 32.2 Å². The molecule has 0 aliphatic rings. The number of amides is 2. The number of methoxy groups -OCH3 is 1. The number of primary amides is 1. The first kappa shape index (κ1) is 28.6. The normalized spacial score (nSPS) is 11.3. The molecule has 42 heavy (non-hydrogen) atoms. The Labute approximate surface area is 245 Å². The predicted octanol–water partition coefficient (Wildman–Crippen LogP) is 6.46. The van der Waals surface area contributed by atoms with E-state index in [1.165, 1.54) is 4.90 Å². The molecule has 0 radical (unpaired) electrons. The lowest BCUT2D eigenvalue weighted by Crippen LogP contribution is -2.38. The summed E-state index contributed by atoms with van der Waals surface area (Å²) in [5.41, 5.74) is 10.3. The second-order valence-corrected chi connectivity index (χ2v) is 10.6. The van der Waals surface area contributed by atoms with Crippen LogP contribution in [0.15, 0.2) is 84.3 Å². The van der Waals surface area contributed by atoms with Crippen molar-refractivity contribution in [1.82, 2.24) is 19.1 Å². The Morgan fingerprint density at radius 2 is 1.93 bits per heavy atom. The van der Waals surface area contributed by atoms with Gasteiger partial charge in [-0.2, -0.15) is 0 Å². The molecule has 5 aromatic rings. The zero-order chi connectivity index (χ0) is 29.8. The summed E-state index contributed by atoms with van der Waals surface area (Å²) in [6, 6.07) is 16.5. The number of urea groups is 1. The van der Waals surface area contributed by atoms with E-state index in [1.807, 2.05) is 65.4 Å². The number of aryl methyl sites for hydroxylation is 1. The highest BCUT2D eigenvalue weighted by molar-refractivity contribution is 6.08.